The molecular weight excluding hydrogens is 260 g/mol. The fraction of sp³-hybridized carbons (Fsp3) is 0.533. The van der Waals surface area contributed by atoms with Gasteiger partial charge in [0.1, 0.15) is 0 Å². The number of amides is 1. The Morgan fingerprint density at radius 2 is 2.05 bits per heavy atom. The largest absolute Gasteiger partial charge is 0.326 e. The number of rotatable bonds is 4. The van der Waals surface area contributed by atoms with Crippen LogP contribution in [0, 0.1) is 5.92 Å². The Labute approximate surface area is 121 Å². The number of carbonyl (C=O) groups is 1. The van der Waals surface area contributed by atoms with Gasteiger partial charge in [-0.1, -0.05) is 19.1 Å². The van der Waals surface area contributed by atoms with Gasteiger partial charge in [-0.05, 0) is 49.9 Å². The maximum Gasteiger partial charge on any atom is 0.228 e. The molecule has 4 heteroatoms. The molecule has 106 valence electrons. The highest BCUT2D eigenvalue weighted by molar-refractivity contribution is 5.93. The number of halogens is 1. The van der Waals surface area contributed by atoms with E-state index in [2.05, 4.69) is 16.7 Å². The van der Waals surface area contributed by atoms with E-state index in [9.17, 15) is 4.79 Å². The number of fused-ring (bicyclic) bond motifs is 1. The predicted molar refractivity (Wildman–Crippen MR) is 82.1 cm³/mol. The number of hydrogen-bond acceptors (Lipinski definition) is 2. The molecule has 0 fully saturated rings. The van der Waals surface area contributed by atoms with Crippen molar-refractivity contribution in [2.24, 2.45) is 5.92 Å². The summed E-state index contributed by atoms with van der Waals surface area (Å²) < 4.78 is 0. The van der Waals surface area contributed by atoms with Gasteiger partial charge in [0.2, 0.25) is 5.91 Å². The average Bonchev–Trinajstić information content (AvgIpc) is 2.39. The summed E-state index contributed by atoms with van der Waals surface area (Å²) in [6.07, 6.45) is 4.73. The molecule has 0 heterocycles. The van der Waals surface area contributed by atoms with Crippen LogP contribution >= 0.6 is 12.4 Å². The summed E-state index contributed by atoms with van der Waals surface area (Å²) in [5.41, 5.74) is 3.76. The standard InChI is InChI=1S/C15H22N2O.ClH/c1-11(10-16-2)15(18)17-14-9-5-7-12-6-3-4-8-13(12)14;/h5,7,9,11,16H,3-4,6,8,10H2,1-2H3,(H,17,18);1H. The number of anilines is 1. The fourth-order valence-electron chi connectivity index (χ4n) is 2.55. The minimum atomic E-state index is -0.00514. The molecule has 0 aromatic heterocycles. The van der Waals surface area contributed by atoms with Gasteiger partial charge in [-0.3, -0.25) is 4.79 Å². The zero-order valence-electron chi connectivity index (χ0n) is 11.7. The summed E-state index contributed by atoms with van der Waals surface area (Å²) in [4.78, 5) is 12.0. The van der Waals surface area contributed by atoms with E-state index < -0.39 is 0 Å². The second kappa shape index (κ2) is 7.51. The first-order valence-electron chi connectivity index (χ1n) is 6.78. The van der Waals surface area contributed by atoms with E-state index in [1.807, 2.05) is 26.1 Å². The average molecular weight is 283 g/mol. The number of aryl methyl sites for hydroxylation is 1. The Morgan fingerprint density at radius 1 is 1.32 bits per heavy atom. The van der Waals surface area contributed by atoms with Crippen molar-refractivity contribution >= 4 is 24.0 Å². The molecule has 1 unspecified atom stereocenters. The zero-order valence-corrected chi connectivity index (χ0v) is 12.5. The Bertz CT molecular complexity index is 434. The van der Waals surface area contributed by atoms with Gasteiger partial charge in [-0.15, -0.1) is 12.4 Å². The quantitative estimate of drug-likeness (QED) is 0.892. The Balaban J connectivity index is 0.00000180. The van der Waals surface area contributed by atoms with E-state index in [0.717, 1.165) is 18.5 Å². The highest BCUT2D eigenvalue weighted by Crippen LogP contribution is 2.28. The Morgan fingerprint density at radius 3 is 2.79 bits per heavy atom. The monoisotopic (exact) mass is 282 g/mol. The minimum Gasteiger partial charge on any atom is -0.326 e. The van der Waals surface area contributed by atoms with E-state index in [1.54, 1.807) is 0 Å². The lowest BCUT2D eigenvalue weighted by Crippen LogP contribution is -2.29. The van der Waals surface area contributed by atoms with Crippen molar-refractivity contribution in [3.8, 4) is 0 Å². The summed E-state index contributed by atoms with van der Waals surface area (Å²) in [7, 11) is 1.87. The summed E-state index contributed by atoms with van der Waals surface area (Å²) in [5.74, 6) is 0.0952. The van der Waals surface area contributed by atoms with Crippen LogP contribution < -0.4 is 10.6 Å². The molecule has 0 saturated carbocycles. The van der Waals surface area contributed by atoms with Crippen molar-refractivity contribution < 1.29 is 4.79 Å². The highest BCUT2D eigenvalue weighted by Gasteiger charge is 2.17. The first-order valence-corrected chi connectivity index (χ1v) is 6.78. The van der Waals surface area contributed by atoms with Crippen LogP contribution in [0.2, 0.25) is 0 Å². The van der Waals surface area contributed by atoms with E-state index in [1.165, 1.54) is 24.0 Å². The summed E-state index contributed by atoms with van der Waals surface area (Å²) in [6, 6.07) is 6.25. The van der Waals surface area contributed by atoms with E-state index in [-0.39, 0.29) is 24.2 Å². The number of nitrogens with one attached hydrogen (secondary N) is 2. The number of benzene rings is 1. The molecule has 1 aromatic rings. The molecule has 1 atom stereocenters. The van der Waals surface area contributed by atoms with E-state index in [0.29, 0.717) is 6.54 Å². The summed E-state index contributed by atoms with van der Waals surface area (Å²) in [6.45, 7) is 2.65. The lowest BCUT2D eigenvalue weighted by Gasteiger charge is -2.20. The topological polar surface area (TPSA) is 41.1 Å². The van der Waals surface area contributed by atoms with Crippen LogP contribution in [-0.4, -0.2) is 19.5 Å². The molecule has 2 N–H and O–H groups in total. The molecule has 2 rings (SSSR count). The lowest BCUT2D eigenvalue weighted by molar-refractivity contribution is -0.119. The third kappa shape index (κ3) is 3.95. The molecule has 3 nitrogen and oxygen atoms in total. The van der Waals surface area contributed by atoms with Crippen LogP contribution in [0.5, 0.6) is 0 Å². The van der Waals surface area contributed by atoms with Crippen LogP contribution in [0.15, 0.2) is 18.2 Å². The van der Waals surface area contributed by atoms with Gasteiger partial charge in [-0.25, -0.2) is 0 Å². The van der Waals surface area contributed by atoms with Crippen molar-refractivity contribution in [2.45, 2.75) is 32.6 Å². The van der Waals surface area contributed by atoms with E-state index in [4.69, 9.17) is 0 Å². The number of carbonyl (C=O) groups excluding carboxylic acids is 1. The van der Waals surface area contributed by atoms with E-state index >= 15 is 0 Å². The van der Waals surface area contributed by atoms with Crippen molar-refractivity contribution in [3.05, 3.63) is 29.3 Å². The lowest BCUT2D eigenvalue weighted by atomic mass is 9.90. The third-order valence-electron chi connectivity index (χ3n) is 3.61. The van der Waals surface area contributed by atoms with Gasteiger partial charge in [0, 0.05) is 18.2 Å². The number of hydrogen-bond donors (Lipinski definition) is 2. The molecule has 0 saturated heterocycles. The second-order valence-corrected chi connectivity index (χ2v) is 5.10. The van der Waals surface area contributed by atoms with Crippen LogP contribution in [-0.2, 0) is 17.6 Å². The van der Waals surface area contributed by atoms with Gasteiger partial charge >= 0.3 is 0 Å². The molecule has 0 bridgehead atoms. The van der Waals surface area contributed by atoms with Crippen LogP contribution in [0.4, 0.5) is 5.69 Å². The zero-order chi connectivity index (χ0) is 13.0. The summed E-state index contributed by atoms with van der Waals surface area (Å²) >= 11 is 0. The normalized spacial score (nSPS) is 15.1. The molecule has 19 heavy (non-hydrogen) atoms. The summed E-state index contributed by atoms with van der Waals surface area (Å²) in [5, 5.41) is 6.11. The van der Waals surface area contributed by atoms with Crippen LogP contribution in [0.25, 0.3) is 0 Å². The Hall–Kier alpha value is -1.06. The van der Waals surface area contributed by atoms with Crippen molar-refractivity contribution in [2.75, 3.05) is 18.9 Å². The van der Waals surface area contributed by atoms with Gasteiger partial charge < -0.3 is 10.6 Å². The molecule has 0 radical (unpaired) electrons. The van der Waals surface area contributed by atoms with Crippen LogP contribution in [0.3, 0.4) is 0 Å². The highest BCUT2D eigenvalue weighted by atomic mass is 35.5. The first-order chi connectivity index (χ1) is 8.72. The molecular formula is C15H23ClN2O. The third-order valence-corrected chi connectivity index (χ3v) is 3.61. The SMILES string of the molecule is CNCC(C)C(=O)Nc1cccc2c1CCCC2.Cl. The first kappa shape index (κ1) is 16.0. The maximum absolute atomic E-state index is 12.0. The minimum absolute atomic E-state index is 0. The van der Waals surface area contributed by atoms with Crippen molar-refractivity contribution in [1.82, 2.24) is 5.32 Å². The maximum atomic E-state index is 12.0. The molecule has 0 spiro atoms. The van der Waals surface area contributed by atoms with Gasteiger partial charge in [0.15, 0.2) is 0 Å². The Kier molecular flexibility index (Phi) is 6.32. The molecule has 0 aliphatic heterocycles. The molecule has 1 aromatic carbocycles. The van der Waals surface area contributed by atoms with Gasteiger partial charge in [0.05, 0.1) is 0 Å². The molecule has 1 amide bonds. The molecule has 1 aliphatic rings. The van der Waals surface area contributed by atoms with Gasteiger partial charge in [-0.2, -0.15) is 0 Å². The van der Waals surface area contributed by atoms with Crippen molar-refractivity contribution in [1.29, 1.82) is 0 Å². The van der Waals surface area contributed by atoms with Crippen LogP contribution in [0.1, 0.15) is 30.9 Å². The van der Waals surface area contributed by atoms with Gasteiger partial charge in [0.25, 0.3) is 0 Å². The second-order valence-electron chi connectivity index (χ2n) is 5.10. The molecule has 1 aliphatic carbocycles. The fourth-order valence-corrected chi connectivity index (χ4v) is 2.55. The van der Waals surface area contributed by atoms with Crippen molar-refractivity contribution in [3.63, 3.8) is 0 Å². The smallest absolute Gasteiger partial charge is 0.228 e. The predicted octanol–water partition coefficient (Wildman–Crippen LogP) is 2.78.